The van der Waals surface area contributed by atoms with E-state index in [-0.39, 0.29) is 11.9 Å². The van der Waals surface area contributed by atoms with E-state index in [1.807, 2.05) is 12.1 Å². The molecule has 5 heterocycles. The van der Waals surface area contributed by atoms with Gasteiger partial charge in [0.2, 0.25) is 11.8 Å². The second kappa shape index (κ2) is 11.0. The Kier molecular flexibility index (Phi) is 7.39. The smallest absolute Gasteiger partial charge is 0.380 e. The summed E-state index contributed by atoms with van der Waals surface area (Å²) in [5.74, 6) is 2.28. The van der Waals surface area contributed by atoms with Crippen LogP contribution in [0.4, 0.5) is 5.95 Å². The summed E-state index contributed by atoms with van der Waals surface area (Å²) in [6.07, 6.45) is 9.32. The van der Waals surface area contributed by atoms with Crippen molar-refractivity contribution >= 4 is 28.6 Å². The van der Waals surface area contributed by atoms with Crippen molar-refractivity contribution in [2.75, 3.05) is 18.6 Å². The Morgan fingerprint density at radius 3 is 2.65 bits per heavy atom. The van der Waals surface area contributed by atoms with Gasteiger partial charge < -0.3 is 14.2 Å². The SMILES string of the molecule is CO[C@@H]1C[C@@H](C(C)C)N(c2nc3cc(-c4noc(=O)[nH]4)nc(-c4cncc(Cl)c4)c3n2CC2CCC(C)CC2)C1. The number of hydrogen-bond acceptors (Lipinski definition) is 8. The molecular weight excluding hydrogens is 530 g/mol. The number of fused-ring (bicyclic) bond motifs is 1. The third kappa shape index (κ3) is 5.14. The van der Waals surface area contributed by atoms with Gasteiger partial charge >= 0.3 is 5.76 Å². The molecule has 1 saturated heterocycles. The molecule has 0 unspecified atom stereocenters. The third-order valence-corrected chi connectivity index (χ3v) is 8.81. The summed E-state index contributed by atoms with van der Waals surface area (Å²) in [5.41, 5.74) is 3.62. The second-order valence-corrected chi connectivity index (χ2v) is 12.2. The van der Waals surface area contributed by atoms with E-state index in [0.29, 0.717) is 34.3 Å². The van der Waals surface area contributed by atoms with Crippen molar-refractivity contribution < 1.29 is 9.26 Å². The number of pyridine rings is 2. The summed E-state index contributed by atoms with van der Waals surface area (Å²) in [6.45, 7) is 8.49. The minimum Gasteiger partial charge on any atom is -0.380 e. The molecule has 6 rings (SSSR count). The average molecular weight is 566 g/mol. The van der Waals surface area contributed by atoms with Crippen molar-refractivity contribution in [3.05, 3.63) is 40.1 Å². The molecular formula is C29H36ClN7O3. The molecule has 2 aliphatic rings. The minimum atomic E-state index is -0.636. The summed E-state index contributed by atoms with van der Waals surface area (Å²) < 4.78 is 13.0. The highest BCUT2D eigenvalue weighted by Gasteiger charge is 2.38. The average Bonchev–Trinajstić information content (AvgIpc) is 3.66. The third-order valence-electron chi connectivity index (χ3n) is 8.61. The van der Waals surface area contributed by atoms with Crippen molar-refractivity contribution in [1.29, 1.82) is 0 Å². The summed E-state index contributed by atoms with van der Waals surface area (Å²) in [7, 11) is 1.79. The first-order chi connectivity index (χ1) is 19.3. The van der Waals surface area contributed by atoms with E-state index in [4.69, 9.17) is 30.8 Å². The fourth-order valence-electron chi connectivity index (χ4n) is 6.37. The molecule has 1 aliphatic heterocycles. The zero-order valence-electron chi connectivity index (χ0n) is 23.4. The van der Waals surface area contributed by atoms with Gasteiger partial charge in [-0.05, 0) is 49.1 Å². The zero-order chi connectivity index (χ0) is 28.0. The second-order valence-electron chi connectivity index (χ2n) is 11.8. The molecule has 1 aliphatic carbocycles. The molecule has 0 aromatic carbocycles. The first kappa shape index (κ1) is 27.0. The van der Waals surface area contributed by atoms with Crippen molar-refractivity contribution in [2.24, 2.45) is 17.8 Å². The first-order valence-electron chi connectivity index (χ1n) is 14.2. The highest BCUT2D eigenvalue weighted by molar-refractivity contribution is 6.30. The number of ether oxygens (including phenoxy) is 1. The van der Waals surface area contributed by atoms with Crippen LogP contribution >= 0.6 is 11.6 Å². The number of H-pyrrole nitrogens is 1. The van der Waals surface area contributed by atoms with Crippen LogP contribution in [0.15, 0.2) is 33.8 Å². The molecule has 2 fully saturated rings. The molecule has 2 atom stereocenters. The van der Waals surface area contributed by atoms with E-state index in [2.05, 4.69) is 45.4 Å². The van der Waals surface area contributed by atoms with Gasteiger partial charge in [-0.1, -0.05) is 50.4 Å². The van der Waals surface area contributed by atoms with E-state index in [1.54, 1.807) is 19.5 Å². The normalized spacial score (nSPS) is 23.5. The maximum absolute atomic E-state index is 11.8. The lowest BCUT2D eigenvalue weighted by Gasteiger charge is -2.31. The topological polar surface area (TPSA) is 115 Å². The Morgan fingerprint density at radius 2 is 1.98 bits per heavy atom. The van der Waals surface area contributed by atoms with Gasteiger partial charge in [-0.3, -0.25) is 14.5 Å². The molecule has 0 spiro atoms. The van der Waals surface area contributed by atoms with Crippen LogP contribution in [0.25, 0.3) is 33.8 Å². The molecule has 4 aromatic rings. The number of anilines is 1. The van der Waals surface area contributed by atoms with Crippen molar-refractivity contribution in [3.63, 3.8) is 0 Å². The number of rotatable bonds is 7. The van der Waals surface area contributed by atoms with Gasteiger partial charge in [0.1, 0.15) is 5.69 Å². The van der Waals surface area contributed by atoms with Gasteiger partial charge in [0.05, 0.1) is 27.9 Å². The summed E-state index contributed by atoms with van der Waals surface area (Å²) >= 11 is 6.40. The van der Waals surface area contributed by atoms with Crippen molar-refractivity contribution in [1.82, 2.24) is 29.7 Å². The molecule has 4 aromatic heterocycles. The van der Waals surface area contributed by atoms with Crippen LogP contribution in [-0.4, -0.2) is 55.5 Å². The predicted molar refractivity (Wildman–Crippen MR) is 154 cm³/mol. The molecule has 40 heavy (non-hydrogen) atoms. The van der Waals surface area contributed by atoms with Gasteiger partial charge in [-0.15, -0.1) is 0 Å². The number of aromatic nitrogens is 6. The summed E-state index contributed by atoms with van der Waals surface area (Å²) in [4.78, 5) is 31.4. The highest BCUT2D eigenvalue weighted by atomic mass is 35.5. The number of halogens is 1. The van der Waals surface area contributed by atoms with E-state index in [9.17, 15) is 4.79 Å². The van der Waals surface area contributed by atoms with Crippen LogP contribution in [0.3, 0.4) is 0 Å². The fourth-order valence-corrected chi connectivity index (χ4v) is 6.54. The maximum Gasteiger partial charge on any atom is 0.439 e. The minimum absolute atomic E-state index is 0.140. The zero-order valence-corrected chi connectivity index (χ0v) is 24.2. The Morgan fingerprint density at radius 1 is 1.18 bits per heavy atom. The summed E-state index contributed by atoms with van der Waals surface area (Å²) in [6, 6.07) is 4.03. The van der Waals surface area contributed by atoms with Crippen LogP contribution in [0.1, 0.15) is 52.9 Å². The number of imidazole rings is 1. The van der Waals surface area contributed by atoms with E-state index < -0.39 is 5.76 Å². The van der Waals surface area contributed by atoms with E-state index in [0.717, 1.165) is 48.0 Å². The number of nitrogens with one attached hydrogen (secondary N) is 1. The summed E-state index contributed by atoms with van der Waals surface area (Å²) in [5, 5.41) is 4.42. The Bertz CT molecular complexity index is 1550. The fraction of sp³-hybridized carbons (Fsp3) is 0.552. The Balaban J connectivity index is 1.58. The number of hydrogen-bond donors (Lipinski definition) is 1. The lowest BCUT2D eigenvalue weighted by molar-refractivity contribution is 0.116. The lowest BCUT2D eigenvalue weighted by Crippen LogP contribution is -2.36. The van der Waals surface area contributed by atoms with Crippen molar-refractivity contribution in [2.45, 2.75) is 71.6 Å². The molecule has 10 nitrogen and oxygen atoms in total. The molecule has 0 amide bonds. The Hall–Kier alpha value is -3.24. The number of aromatic amines is 1. The molecule has 212 valence electrons. The molecule has 1 saturated carbocycles. The van der Waals surface area contributed by atoms with Crippen LogP contribution in [-0.2, 0) is 11.3 Å². The van der Waals surface area contributed by atoms with Gasteiger partial charge in [0.15, 0.2) is 0 Å². The van der Waals surface area contributed by atoms with Crippen LogP contribution < -0.4 is 10.7 Å². The monoisotopic (exact) mass is 565 g/mol. The Labute approximate surface area is 238 Å². The van der Waals surface area contributed by atoms with Gasteiger partial charge in [0, 0.05) is 44.2 Å². The first-order valence-corrected chi connectivity index (χ1v) is 14.6. The number of nitrogens with zero attached hydrogens (tertiary/aromatic N) is 6. The quantitative estimate of drug-likeness (QED) is 0.309. The van der Waals surface area contributed by atoms with Crippen LogP contribution in [0, 0.1) is 17.8 Å². The van der Waals surface area contributed by atoms with Crippen molar-refractivity contribution in [3.8, 4) is 22.8 Å². The van der Waals surface area contributed by atoms with E-state index in [1.165, 1.54) is 25.7 Å². The lowest BCUT2D eigenvalue weighted by atomic mass is 9.83. The molecule has 11 heteroatoms. The molecule has 1 N–H and O–H groups in total. The molecule has 0 bridgehead atoms. The standard InChI is InChI=1S/C29H36ClN7O3/c1-16(2)24-10-21(39-4)15-36(24)28-33-22-11-23(27-34-29(38)40-35-27)32-25(19-9-20(30)13-31-12-19)26(22)37(28)14-18-7-5-17(3)6-8-18/h9,11-13,16-18,21,24H,5-8,10,14-15H2,1-4H3,(H,34,35,38)/t17?,18?,21-,24+/m1/s1. The van der Waals surface area contributed by atoms with E-state index >= 15 is 0 Å². The predicted octanol–water partition coefficient (Wildman–Crippen LogP) is 5.57. The van der Waals surface area contributed by atoms with Gasteiger partial charge in [0.25, 0.3) is 0 Å². The molecule has 0 radical (unpaired) electrons. The largest absolute Gasteiger partial charge is 0.439 e. The van der Waals surface area contributed by atoms with Crippen LogP contribution in [0.2, 0.25) is 5.02 Å². The maximum atomic E-state index is 11.8. The van der Waals surface area contributed by atoms with Gasteiger partial charge in [-0.2, -0.15) is 0 Å². The number of methoxy groups -OCH3 is 1. The van der Waals surface area contributed by atoms with Crippen LogP contribution in [0.5, 0.6) is 0 Å². The van der Waals surface area contributed by atoms with Gasteiger partial charge in [-0.25, -0.2) is 14.8 Å². The highest BCUT2D eigenvalue weighted by Crippen LogP contribution is 2.39.